The summed E-state index contributed by atoms with van der Waals surface area (Å²) < 4.78 is 10.4. The first-order valence-corrected chi connectivity index (χ1v) is 12.0. The lowest BCUT2D eigenvalue weighted by Gasteiger charge is -2.19. The molecular formula is C29H24ClN3O6. The van der Waals surface area contributed by atoms with Crippen LogP contribution in [0.2, 0.25) is 5.02 Å². The molecule has 0 bridgehead atoms. The molecule has 0 atom stereocenters. The molecule has 3 aromatic carbocycles. The van der Waals surface area contributed by atoms with Crippen LogP contribution in [0.1, 0.15) is 36.8 Å². The third-order valence-electron chi connectivity index (χ3n) is 5.99. The molecule has 0 aliphatic rings. The monoisotopic (exact) mass is 545 g/mol. The molecule has 0 spiro atoms. The number of hydrogen-bond acceptors (Lipinski definition) is 7. The van der Waals surface area contributed by atoms with Gasteiger partial charge in [-0.1, -0.05) is 11.6 Å². The Labute approximate surface area is 229 Å². The van der Waals surface area contributed by atoms with Crippen LogP contribution in [0.25, 0.3) is 0 Å². The zero-order valence-electron chi connectivity index (χ0n) is 21.3. The molecule has 10 heteroatoms. The van der Waals surface area contributed by atoms with E-state index in [1.54, 1.807) is 36.5 Å². The molecule has 39 heavy (non-hydrogen) atoms. The van der Waals surface area contributed by atoms with E-state index in [1.807, 2.05) is 24.1 Å². The van der Waals surface area contributed by atoms with Crippen LogP contribution in [0, 0.1) is 0 Å². The van der Waals surface area contributed by atoms with Crippen molar-refractivity contribution in [3.63, 3.8) is 0 Å². The normalized spacial score (nSPS) is 10.5. The van der Waals surface area contributed by atoms with Gasteiger partial charge in [-0.05, 0) is 72.8 Å². The molecule has 2 N–H and O–H groups in total. The number of nitrogens with one attached hydrogen (secondary N) is 1. The van der Waals surface area contributed by atoms with Gasteiger partial charge >= 0.3 is 5.97 Å². The standard InChI is InChI=1S/C29H24ClN3O6/c1-33(20-8-6-19(30)7-9-20)21-10-12-24(31-16-21)27(34)17-4-11-23(22(14-17)29(36)37)32-28(35)18-5-13-25(38-2)26(15-18)39-3/h4-16H,1-3H3,(H,32,35)(H,36,37). The number of aromatic nitrogens is 1. The summed E-state index contributed by atoms with van der Waals surface area (Å²) in [7, 11) is 4.78. The first kappa shape index (κ1) is 27.2. The lowest BCUT2D eigenvalue weighted by Crippen LogP contribution is -2.16. The number of halogens is 1. The number of benzene rings is 3. The molecule has 1 heterocycles. The second-order valence-corrected chi connectivity index (χ2v) is 8.79. The van der Waals surface area contributed by atoms with Crippen LogP contribution in [0.15, 0.2) is 79.0 Å². The van der Waals surface area contributed by atoms with Gasteiger partial charge in [0.1, 0.15) is 5.69 Å². The zero-order valence-corrected chi connectivity index (χ0v) is 22.0. The number of carbonyl (C=O) groups excluding carboxylic acids is 2. The predicted molar refractivity (Wildman–Crippen MR) is 148 cm³/mol. The fourth-order valence-electron chi connectivity index (χ4n) is 3.82. The number of rotatable bonds is 9. The number of carbonyl (C=O) groups is 3. The van der Waals surface area contributed by atoms with Crippen molar-refractivity contribution in [2.75, 3.05) is 31.5 Å². The number of amides is 1. The van der Waals surface area contributed by atoms with Gasteiger partial charge in [0.15, 0.2) is 11.5 Å². The van der Waals surface area contributed by atoms with Crippen molar-refractivity contribution in [1.82, 2.24) is 4.98 Å². The van der Waals surface area contributed by atoms with Crippen molar-refractivity contribution >= 4 is 46.3 Å². The van der Waals surface area contributed by atoms with E-state index in [1.165, 1.54) is 44.6 Å². The van der Waals surface area contributed by atoms with Crippen molar-refractivity contribution in [3.8, 4) is 11.5 Å². The number of carboxylic acids is 1. The Morgan fingerprint density at radius 3 is 2.13 bits per heavy atom. The minimum Gasteiger partial charge on any atom is -0.493 e. The van der Waals surface area contributed by atoms with Gasteiger partial charge < -0.3 is 24.8 Å². The molecule has 9 nitrogen and oxygen atoms in total. The third-order valence-corrected chi connectivity index (χ3v) is 6.24. The topological polar surface area (TPSA) is 118 Å². The number of anilines is 3. The summed E-state index contributed by atoms with van der Waals surface area (Å²) in [6.07, 6.45) is 1.55. The Balaban J connectivity index is 1.54. The molecular weight excluding hydrogens is 522 g/mol. The molecule has 0 aliphatic heterocycles. The van der Waals surface area contributed by atoms with Crippen molar-refractivity contribution in [2.45, 2.75) is 0 Å². The Hall–Kier alpha value is -4.89. The number of carboxylic acid groups (broad SMARTS) is 1. The summed E-state index contributed by atoms with van der Waals surface area (Å²) in [5.41, 5.74) is 1.91. The highest BCUT2D eigenvalue weighted by atomic mass is 35.5. The second-order valence-electron chi connectivity index (χ2n) is 8.36. The fraction of sp³-hybridized carbons (Fsp3) is 0.103. The largest absolute Gasteiger partial charge is 0.493 e. The van der Waals surface area contributed by atoms with Gasteiger partial charge in [0, 0.05) is 28.9 Å². The summed E-state index contributed by atoms with van der Waals surface area (Å²) in [6.45, 7) is 0. The highest BCUT2D eigenvalue weighted by Crippen LogP contribution is 2.29. The maximum absolute atomic E-state index is 13.1. The number of hydrogen-bond donors (Lipinski definition) is 2. The highest BCUT2D eigenvalue weighted by molar-refractivity contribution is 6.30. The van der Waals surface area contributed by atoms with E-state index in [2.05, 4.69) is 10.3 Å². The lowest BCUT2D eigenvalue weighted by atomic mass is 10.0. The molecule has 0 saturated heterocycles. The Morgan fingerprint density at radius 2 is 1.51 bits per heavy atom. The zero-order chi connectivity index (χ0) is 28.1. The number of ether oxygens (including phenoxy) is 2. The number of aromatic carboxylic acids is 1. The van der Waals surface area contributed by atoms with Crippen molar-refractivity contribution < 1.29 is 29.0 Å². The molecule has 4 aromatic rings. The lowest BCUT2D eigenvalue weighted by molar-refractivity contribution is 0.0698. The SMILES string of the molecule is COc1ccc(C(=O)Nc2ccc(C(=O)c3ccc(N(C)c4ccc(Cl)cc4)cn3)cc2C(=O)O)cc1OC. The average Bonchev–Trinajstić information content (AvgIpc) is 2.96. The molecule has 0 fully saturated rings. The van der Waals surface area contributed by atoms with E-state index in [4.69, 9.17) is 21.1 Å². The Bertz CT molecular complexity index is 1540. The highest BCUT2D eigenvalue weighted by Gasteiger charge is 2.19. The van der Waals surface area contributed by atoms with Gasteiger partial charge in [-0.25, -0.2) is 4.79 Å². The predicted octanol–water partition coefficient (Wildman–Crippen LogP) is 5.70. The summed E-state index contributed by atoms with van der Waals surface area (Å²) >= 11 is 5.96. The van der Waals surface area contributed by atoms with E-state index in [0.717, 1.165) is 11.4 Å². The van der Waals surface area contributed by atoms with Gasteiger partial charge in [-0.15, -0.1) is 0 Å². The summed E-state index contributed by atoms with van der Waals surface area (Å²) in [5.74, 6) is -1.53. The van der Waals surface area contributed by atoms with Crippen LogP contribution in [0.5, 0.6) is 11.5 Å². The van der Waals surface area contributed by atoms with E-state index in [9.17, 15) is 19.5 Å². The van der Waals surface area contributed by atoms with E-state index in [-0.39, 0.29) is 28.1 Å². The van der Waals surface area contributed by atoms with Crippen molar-refractivity contribution in [2.24, 2.45) is 0 Å². The van der Waals surface area contributed by atoms with Gasteiger partial charge in [0.05, 0.1) is 37.4 Å². The van der Waals surface area contributed by atoms with Crippen molar-refractivity contribution in [1.29, 1.82) is 0 Å². The van der Waals surface area contributed by atoms with Gasteiger partial charge in [-0.3, -0.25) is 14.6 Å². The number of pyridine rings is 1. The van der Waals surface area contributed by atoms with Crippen LogP contribution in [0.4, 0.5) is 17.1 Å². The number of methoxy groups -OCH3 is 2. The first-order chi connectivity index (χ1) is 18.7. The summed E-state index contributed by atoms with van der Waals surface area (Å²) in [6, 6.07) is 19.2. The van der Waals surface area contributed by atoms with Crippen LogP contribution in [-0.4, -0.2) is 49.0 Å². The van der Waals surface area contributed by atoms with E-state index in [0.29, 0.717) is 16.5 Å². The van der Waals surface area contributed by atoms with E-state index < -0.39 is 17.7 Å². The maximum atomic E-state index is 13.1. The van der Waals surface area contributed by atoms with Crippen LogP contribution in [0.3, 0.4) is 0 Å². The molecule has 0 radical (unpaired) electrons. The second kappa shape index (κ2) is 11.7. The Morgan fingerprint density at radius 1 is 0.846 bits per heavy atom. The minimum atomic E-state index is -1.31. The number of ketones is 1. The minimum absolute atomic E-state index is 0.0340. The van der Waals surface area contributed by atoms with Crippen LogP contribution < -0.4 is 19.7 Å². The molecule has 0 unspecified atom stereocenters. The van der Waals surface area contributed by atoms with Crippen LogP contribution in [-0.2, 0) is 0 Å². The van der Waals surface area contributed by atoms with Crippen LogP contribution >= 0.6 is 11.6 Å². The van der Waals surface area contributed by atoms with E-state index >= 15 is 0 Å². The van der Waals surface area contributed by atoms with Gasteiger partial charge in [0.2, 0.25) is 5.78 Å². The van der Waals surface area contributed by atoms with Gasteiger partial charge in [-0.2, -0.15) is 0 Å². The molecule has 1 aromatic heterocycles. The number of nitrogens with zero attached hydrogens (tertiary/aromatic N) is 2. The smallest absolute Gasteiger partial charge is 0.337 e. The third kappa shape index (κ3) is 6.00. The Kier molecular flexibility index (Phi) is 8.12. The van der Waals surface area contributed by atoms with Gasteiger partial charge in [0.25, 0.3) is 5.91 Å². The average molecular weight is 546 g/mol. The first-order valence-electron chi connectivity index (χ1n) is 11.6. The summed E-state index contributed by atoms with van der Waals surface area (Å²) in [4.78, 5) is 44.1. The maximum Gasteiger partial charge on any atom is 0.337 e. The molecule has 0 saturated carbocycles. The quantitative estimate of drug-likeness (QED) is 0.257. The fourth-order valence-corrected chi connectivity index (χ4v) is 3.95. The molecule has 0 aliphatic carbocycles. The summed E-state index contributed by atoms with van der Waals surface area (Å²) in [5, 5.41) is 13.0. The van der Waals surface area contributed by atoms with Crippen molar-refractivity contribution in [3.05, 3.63) is 106 Å². The molecule has 1 amide bonds. The molecule has 4 rings (SSSR count). The molecule has 198 valence electrons.